The van der Waals surface area contributed by atoms with Crippen LogP contribution in [-0.4, -0.2) is 28.2 Å². The molecule has 3 aromatic carbocycles. The van der Waals surface area contributed by atoms with Crippen LogP contribution in [0.5, 0.6) is 0 Å². The monoisotopic (exact) mass is 397 g/mol. The third kappa shape index (κ3) is 3.13. The Bertz CT molecular complexity index is 1230. The van der Waals surface area contributed by atoms with Gasteiger partial charge in [0, 0.05) is 33.6 Å². The summed E-state index contributed by atoms with van der Waals surface area (Å²) < 4.78 is 2.14. The Labute approximate surface area is 174 Å². The van der Waals surface area contributed by atoms with Crippen LogP contribution in [-0.2, 0) is 11.3 Å². The van der Waals surface area contributed by atoms with Crippen LogP contribution in [0.3, 0.4) is 0 Å². The van der Waals surface area contributed by atoms with Gasteiger partial charge < -0.3 is 19.9 Å². The number of aliphatic hydroxyl groups excluding tert-OH is 1. The highest BCUT2D eigenvalue weighted by Crippen LogP contribution is 2.31. The Hall–Kier alpha value is -3.57. The molecule has 0 radical (unpaired) electrons. The Morgan fingerprint density at radius 1 is 0.867 bits per heavy atom. The highest BCUT2D eigenvalue weighted by Gasteiger charge is 2.24. The van der Waals surface area contributed by atoms with E-state index in [0.717, 1.165) is 28.1 Å². The molecule has 1 aliphatic heterocycles. The van der Waals surface area contributed by atoms with E-state index in [0.29, 0.717) is 6.54 Å². The van der Waals surface area contributed by atoms with Crippen molar-refractivity contribution in [1.29, 1.82) is 0 Å². The van der Waals surface area contributed by atoms with Crippen molar-refractivity contribution in [3.05, 3.63) is 84.6 Å². The fourth-order valence-electron chi connectivity index (χ4n) is 4.31. The molecule has 0 spiro atoms. The van der Waals surface area contributed by atoms with E-state index >= 15 is 0 Å². The van der Waals surface area contributed by atoms with E-state index in [4.69, 9.17) is 0 Å². The predicted molar refractivity (Wildman–Crippen MR) is 122 cm³/mol. The van der Waals surface area contributed by atoms with Crippen LogP contribution in [0.2, 0.25) is 0 Å². The van der Waals surface area contributed by atoms with Crippen molar-refractivity contribution in [2.24, 2.45) is 0 Å². The van der Waals surface area contributed by atoms with E-state index in [1.54, 1.807) is 11.0 Å². The minimum atomic E-state index is -0.729. The van der Waals surface area contributed by atoms with Crippen LogP contribution < -0.4 is 10.2 Å². The lowest BCUT2D eigenvalue weighted by Gasteiger charge is -2.25. The number of para-hydroxylation sites is 4. The average molecular weight is 397 g/mol. The molecule has 150 valence electrons. The van der Waals surface area contributed by atoms with Crippen molar-refractivity contribution in [3.63, 3.8) is 0 Å². The molecule has 0 fully saturated rings. The van der Waals surface area contributed by atoms with E-state index in [-0.39, 0.29) is 12.5 Å². The fourth-order valence-corrected chi connectivity index (χ4v) is 4.31. The lowest BCUT2D eigenvalue weighted by molar-refractivity contribution is -0.114. The van der Waals surface area contributed by atoms with Crippen molar-refractivity contribution < 1.29 is 9.90 Å². The van der Waals surface area contributed by atoms with E-state index in [1.165, 1.54) is 10.8 Å². The molecule has 0 saturated carbocycles. The molecule has 5 heteroatoms. The second kappa shape index (κ2) is 7.35. The van der Waals surface area contributed by atoms with Crippen LogP contribution in [0.1, 0.15) is 6.92 Å². The predicted octanol–water partition coefficient (Wildman–Crippen LogP) is 4.52. The second-order valence-electron chi connectivity index (χ2n) is 7.72. The first-order valence-electron chi connectivity index (χ1n) is 10.1. The zero-order valence-corrected chi connectivity index (χ0v) is 16.7. The van der Waals surface area contributed by atoms with Crippen molar-refractivity contribution in [3.8, 4) is 0 Å². The molecule has 4 aromatic rings. The lowest BCUT2D eigenvalue weighted by atomic mass is 10.2. The normalized spacial score (nSPS) is 14.9. The van der Waals surface area contributed by atoms with Gasteiger partial charge in [-0.25, -0.2) is 0 Å². The molecule has 0 saturated heterocycles. The van der Waals surface area contributed by atoms with Crippen LogP contribution in [0.4, 0.5) is 11.4 Å². The number of anilines is 2. The summed E-state index contributed by atoms with van der Waals surface area (Å²) in [6.07, 6.45) is 0.848. The van der Waals surface area contributed by atoms with Crippen LogP contribution in [0, 0.1) is 0 Å². The van der Waals surface area contributed by atoms with Gasteiger partial charge in [-0.3, -0.25) is 4.79 Å². The zero-order chi connectivity index (χ0) is 20.7. The molecular weight excluding hydrogens is 374 g/mol. The van der Waals surface area contributed by atoms with E-state index in [1.807, 2.05) is 55.5 Å². The number of amides is 1. The largest absolute Gasteiger partial charge is 0.389 e. The number of aliphatic hydroxyl groups is 1. The molecule has 0 bridgehead atoms. The summed E-state index contributed by atoms with van der Waals surface area (Å²) in [7, 11) is 0. The van der Waals surface area contributed by atoms with Crippen LogP contribution in [0.25, 0.3) is 21.8 Å². The van der Waals surface area contributed by atoms with Crippen molar-refractivity contribution in [2.75, 3.05) is 16.8 Å². The molecule has 2 N–H and O–H groups in total. The molecule has 1 aliphatic rings. The Morgan fingerprint density at radius 3 is 2.17 bits per heavy atom. The molecule has 0 aliphatic carbocycles. The SMILES string of the molecule is CC1=CC(=O)N(CC(O)Cn2c3ccccc3c3ccccc32)c2ccccc2N1. The maximum absolute atomic E-state index is 12.8. The van der Waals surface area contributed by atoms with Crippen molar-refractivity contribution in [1.82, 2.24) is 4.57 Å². The quantitative estimate of drug-likeness (QED) is 0.532. The maximum atomic E-state index is 12.8. The van der Waals surface area contributed by atoms with Crippen molar-refractivity contribution >= 4 is 39.1 Å². The molecule has 1 amide bonds. The standard InChI is InChI=1S/C25H23N3O2/c1-17-14-25(30)28(24-13-7-4-10-21(24)26-17)16-18(29)15-27-22-11-5-2-8-19(22)20-9-3-6-12-23(20)27/h2-14,18,26,29H,15-16H2,1H3. The van der Waals surface area contributed by atoms with Gasteiger partial charge in [-0.2, -0.15) is 0 Å². The molecule has 1 unspecified atom stereocenters. The zero-order valence-electron chi connectivity index (χ0n) is 16.7. The first-order chi connectivity index (χ1) is 14.6. The van der Waals surface area contributed by atoms with Gasteiger partial charge in [0.05, 0.1) is 30.6 Å². The minimum Gasteiger partial charge on any atom is -0.389 e. The third-order valence-electron chi connectivity index (χ3n) is 5.60. The molecule has 1 aromatic heterocycles. The molecule has 1 atom stereocenters. The van der Waals surface area contributed by atoms with Gasteiger partial charge in [0.25, 0.3) is 5.91 Å². The number of rotatable bonds is 4. The molecule has 30 heavy (non-hydrogen) atoms. The summed E-state index contributed by atoms with van der Waals surface area (Å²) >= 11 is 0. The Kier molecular flexibility index (Phi) is 4.52. The smallest absolute Gasteiger partial charge is 0.252 e. The minimum absolute atomic E-state index is 0.133. The number of nitrogens with zero attached hydrogens (tertiary/aromatic N) is 2. The first kappa shape index (κ1) is 18.5. The molecular formula is C25H23N3O2. The molecule has 5 nitrogen and oxygen atoms in total. The summed E-state index contributed by atoms with van der Waals surface area (Å²) in [5, 5.41) is 16.6. The lowest BCUT2D eigenvalue weighted by Crippen LogP contribution is -2.38. The van der Waals surface area contributed by atoms with Crippen LogP contribution in [0.15, 0.2) is 84.6 Å². The molecule has 5 rings (SSSR count). The van der Waals surface area contributed by atoms with Gasteiger partial charge in [-0.05, 0) is 31.2 Å². The average Bonchev–Trinajstić information content (AvgIpc) is 3.00. The van der Waals surface area contributed by atoms with Gasteiger partial charge >= 0.3 is 0 Å². The summed E-state index contributed by atoms with van der Waals surface area (Å²) in [5.74, 6) is -0.133. The number of benzene rings is 3. The molecule has 2 heterocycles. The summed E-state index contributed by atoms with van der Waals surface area (Å²) in [5.41, 5.74) is 4.58. The highest BCUT2D eigenvalue weighted by molar-refractivity contribution is 6.08. The highest BCUT2D eigenvalue weighted by atomic mass is 16.3. The third-order valence-corrected chi connectivity index (χ3v) is 5.60. The number of nitrogens with one attached hydrogen (secondary N) is 1. The second-order valence-corrected chi connectivity index (χ2v) is 7.72. The summed E-state index contributed by atoms with van der Waals surface area (Å²) in [6.45, 7) is 2.48. The topological polar surface area (TPSA) is 57.5 Å². The number of allylic oxidation sites excluding steroid dienone is 1. The van der Waals surface area contributed by atoms with Gasteiger partial charge in [-0.15, -0.1) is 0 Å². The summed E-state index contributed by atoms with van der Waals surface area (Å²) in [4.78, 5) is 14.5. The number of fused-ring (bicyclic) bond motifs is 4. The van der Waals surface area contributed by atoms with E-state index in [2.05, 4.69) is 34.1 Å². The van der Waals surface area contributed by atoms with Gasteiger partial charge in [0.1, 0.15) is 0 Å². The van der Waals surface area contributed by atoms with E-state index in [9.17, 15) is 9.90 Å². The Morgan fingerprint density at radius 2 is 1.47 bits per heavy atom. The maximum Gasteiger partial charge on any atom is 0.252 e. The number of hydrogen-bond donors (Lipinski definition) is 2. The number of β-amino-alcohol motifs (C(OH)–C–C–N with tert-alkyl or cyclic N) is 1. The van der Waals surface area contributed by atoms with Gasteiger partial charge in [0.2, 0.25) is 0 Å². The fraction of sp³-hybridized carbons (Fsp3) is 0.160. The van der Waals surface area contributed by atoms with Crippen molar-refractivity contribution in [2.45, 2.75) is 19.6 Å². The number of carbonyl (C=O) groups is 1. The van der Waals surface area contributed by atoms with Gasteiger partial charge in [-0.1, -0.05) is 48.5 Å². The van der Waals surface area contributed by atoms with Crippen LogP contribution >= 0.6 is 0 Å². The first-order valence-corrected chi connectivity index (χ1v) is 10.1. The van der Waals surface area contributed by atoms with E-state index < -0.39 is 6.10 Å². The number of hydrogen-bond acceptors (Lipinski definition) is 3. The number of carbonyl (C=O) groups excluding carboxylic acids is 1. The number of aromatic nitrogens is 1. The summed E-state index contributed by atoms with van der Waals surface area (Å²) in [6, 6.07) is 24.1. The Balaban J connectivity index is 1.50. The van der Waals surface area contributed by atoms with Gasteiger partial charge in [0.15, 0.2) is 0 Å².